The minimum Gasteiger partial charge on any atom is -0.504 e. The Bertz CT molecular complexity index is 618. The second kappa shape index (κ2) is 5.97. The Kier molecular flexibility index (Phi) is 3.87. The minimum atomic E-state index is -0.391. The molecule has 21 heavy (non-hydrogen) atoms. The molecule has 2 heterocycles. The number of benzene rings is 1. The van der Waals surface area contributed by atoms with E-state index < -0.39 is 5.91 Å². The quantitative estimate of drug-likeness (QED) is 0.893. The molecule has 2 N–H and O–H groups in total. The SMILES string of the molecule is O=C(NCC1CCCO1)c1nn(-c2ccccc2)cc1O. The van der Waals surface area contributed by atoms with Crippen LogP contribution in [0, 0.1) is 0 Å². The number of nitrogens with zero attached hydrogens (tertiary/aromatic N) is 2. The molecular weight excluding hydrogens is 270 g/mol. The van der Waals surface area contributed by atoms with E-state index in [2.05, 4.69) is 10.4 Å². The number of carbonyl (C=O) groups excluding carboxylic acids is 1. The van der Waals surface area contributed by atoms with Crippen molar-refractivity contribution in [2.45, 2.75) is 18.9 Å². The Morgan fingerprint density at radius 3 is 2.95 bits per heavy atom. The molecule has 1 saturated heterocycles. The van der Waals surface area contributed by atoms with Gasteiger partial charge in [-0.15, -0.1) is 0 Å². The van der Waals surface area contributed by atoms with Gasteiger partial charge in [0.1, 0.15) is 0 Å². The van der Waals surface area contributed by atoms with E-state index in [4.69, 9.17) is 4.74 Å². The normalized spacial score (nSPS) is 17.8. The van der Waals surface area contributed by atoms with Crippen LogP contribution in [-0.4, -0.2) is 40.0 Å². The number of para-hydroxylation sites is 1. The van der Waals surface area contributed by atoms with Crippen LogP contribution in [0.2, 0.25) is 0 Å². The van der Waals surface area contributed by atoms with E-state index in [1.807, 2.05) is 30.3 Å². The molecule has 0 radical (unpaired) electrons. The van der Waals surface area contributed by atoms with Crippen LogP contribution in [0.5, 0.6) is 5.75 Å². The van der Waals surface area contributed by atoms with Crippen molar-refractivity contribution >= 4 is 5.91 Å². The fraction of sp³-hybridized carbons (Fsp3) is 0.333. The van der Waals surface area contributed by atoms with E-state index in [-0.39, 0.29) is 17.5 Å². The number of ether oxygens (including phenoxy) is 1. The number of rotatable bonds is 4. The third-order valence-corrected chi connectivity index (χ3v) is 3.45. The lowest BCUT2D eigenvalue weighted by atomic mass is 10.2. The van der Waals surface area contributed by atoms with Crippen molar-refractivity contribution in [3.63, 3.8) is 0 Å². The molecule has 1 unspecified atom stereocenters. The summed E-state index contributed by atoms with van der Waals surface area (Å²) in [5.41, 5.74) is 0.808. The maximum Gasteiger partial charge on any atom is 0.275 e. The van der Waals surface area contributed by atoms with Crippen LogP contribution in [-0.2, 0) is 4.74 Å². The van der Waals surface area contributed by atoms with Crippen LogP contribution >= 0.6 is 0 Å². The monoisotopic (exact) mass is 287 g/mol. The maximum atomic E-state index is 12.1. The lowest BCUT2D eigenvalue weighted by molar-refractivity contribution is 0.0851. The average Bonchev–Trinajstić information content (AvgIpc) is 3.15. The molecule has 0 bridgehead atoms. The summed E-state index contributed by atoms with van der Waals surface area (Å²) in [7, 11) is 0. The summed E-state index contributed by atoms with van der Waals surface area (Å²) in [5.74, 6) is -0.527. The number of hydrogen-bond donors (Lipinski definition) is 2. The number of amides is 1. The molecule has 1 aromatic heterocycles. The lowest BCUT2D eigenvalue weighted by Gasteiger charge is -2.09. The Labute approximate surface area is 122 Å². The van der Waals surface area contributed by atoms with Crippen LogP contribution < -0.4 is 5.32 Å². The highest BCUT2D eigenvalue weighted by Crippen LogP contribution is 2.18. The molecule has 2 aromatic rings. The molecule has 0 saturated carbocycles. The summed E-state index contributed by atoms with van der Waals surface area (Å²) in [6.07, 6.45) is 3.46. The Morgan fingerprint density at radius 1 is 1.43 bits per heavy atom. The fourth-order valence-corrected chi connectivity index (χ4v) is 2.34. The van der Waals surface area contributed by atoms with Crippen molar-refractivity contribution in [3.05, 3.63) is 42.2 Å². The number of nitrogens with one attached hydrogen (secondary N) is 1. The van der Waals surface area contributed by atoms with Gasteiger partial charge in [0.15, 0.2) is 11.4 Å². The smallest absolute Gasteiger partial charge is 0.275 e. The maximum absolute atomic E-state index is 12.1. The molecule has 3 rings (SSSR count). The zero-order chi connectivity index (χ0) is 14.7. The minimum absolute atomic E-state index is 0.0249. The number of carbonyl (C=O) groups is 1. The van der Waals surface area contributed by atoms with Gasteiger partial charge in [-0.05, 0) is 25.0 Å². The first-order chi connectivity index (χ1) is 10.2. The zero-order valence-corrected chi connectivity index (χ0v) is 11.5. The molecule has 1 aliphatic rings. The number of hydrogen-bond acceptors (Lipinski definition) is 4. The first kappa shape index (κ1) is 13.6. The highest BCUT2D eigenvalue weighted by Gasteiger charge is 2.20. The predicted octanol–water partition coefficient (Wildman–Crippen LogP) is 1.49. The second-order valence-electron chi connectivity index (χ2n) is 4.99. The van der Waals surface area contributed by atoms with Gasteiger partial charge in [-0.25, -0.2) is 4.68 Å². The van der Waals surface area contributed by atoms with Crippen LogP contribution in [0.1, 0.15) is 23.3 Å². The standard InChI is InChI=1S/C15H17N3O3/c19-13-10-18(11-5-2-1-3-6-11)17-14(13)15(20)16-9-12-7-4-8-21-12/h1-3,5-6,10,12,19H,4,7-9H2,(H,16,20). The summed E-state index contributed by atoms with van der Waals surface area (Å²) >= 11 is 0. The Balaban J connectivity index is 1.70. The van der Waals surface area contributed by atoms with E-state index >= 15 is 0 Å². The molecule has 0 spiro atoms. The van der Waals surface area contributed by atoms with Crippen molar-refractivity contribution in [1.29, 1.82) is 0 Å². The molecule has 110 valence electrons. The van der Waals surface area contributed by atoms with E-state index in [9.17, 15) is 9.90 Å². The topological polar surface area (TPSA) is 76.4 Å². The van der Waals surface area contributed by atoms with Gasteiger partial charge in [0.25, 0.3) is 5.91 Å². The summed E-state index contributed by atoms with van der Waals surface area (Å²) in [4.78, 5) is 12.1. The van der Waals surface area contributed by atoms with Gasteiger partial charge >= 0.3 is 0 Å². The summed E-state index contributed by atoms with van der Waals surface area (Å²) in [5, 5.41) is 16.8. The predicted molar refractivity (Wildman–Crippen MR) is 76.5 cm³/mol. The molecule has 1 aromatic carbocycles. The van der Waals surface area contributed by atoms with Gasteiger partial charge in [-0.3, -0.25) is 4.79 Å². The van der Waals surface area contributed by atoms with Crippen molar-refractivity contribution in [1.82, 2.24) is 15.1 Å². The van der Waals surface area contributed by atoms with E-state index in [1.54, 1.807) is 0 Å². The summed E-state index contributed by atoms with van der Waals surface area (Å²) < 4.78 is 6.92. The average molecular weight is 287 g/mol. The van der Waals surface area contributed by atoms with Gasteiger partial charge in [0, 0.05) is 13.2 Å². The first-order valence-corrected chi connectivity index (χ1v) is 6.98. The van der Waals surface area contributed by atoms with E-state index in [1.165, 1.54) is 10.9 Å². The molecule has 1 aliphatic heterocycles. The van der Waals surface area contributed by atoms with E-state index in [0.717, 1.165) is 25.1 Å². The summed E-state index contributed by atoms with van der Waals surface area (Å²) in [6, 6.07) is 9.32. The first-order valence-electron chi connectivity index (χ1n) is 6.98. The Hall–Kier alpha value is -2.34. The molecule has 1 amide bonds. The highest BCUT2D eigenvalue weighted by molar-refractivity contribution is 5.94. The van der Waals surface area contributed by atoms with Gasteiger partial charge in [0.2, 0.25) is 0 Å². The molecule has 0 aliphatic carbocycles. The van der Waals surface area contributed by atoms with Crippen LogP contribution in [0.4, 0.5) is 0 Å². The summed E-state index contributed by atoms with van der Waals surface area (Å²) in [6.45, 7) is 1.19. The third-order valence-electron chi connectivity index (χ3n) is 3.45. The van der Waals surface area contributed by atoms with Gasteiger partial charge in [-0.1, -0.05) is 18.2 Å². The van der Waals surface area contributed by atoms with Crippen LogP contribution in [0.25, 0.3) is 5.69 Å². The van der Waals surface area contributed by atoms with Crippen molar-refractivity contribution in [2.24, 2.45) is 0 Å². The van der Waals surface area contributed by atoms with Crippen molar-refractivity contribution < 1.29 is 14.6 Å². The van der Waals surface area contributed by atoms with Crippen LogP contribution in [0.3, 0.4) is 0 Å². The van der Waals surface area contributed by atoms with Crippen LogP contribution in [0.15, 0.2) is 36.5 Å². The zero-order valence-electron chi connectivity index (χ0n) is 11.5. The van der Waals surface area contributed by atoms with Gasteiger partial charge in [-0.2, -0.15) is 5.10 Å². The molecule has 6 heteroatoms. The van der Waals surface area contributed by atoms with Crippen molar-refractivity contribution in [2.75, 3.05) is 13.2 Å². The lowest BCUT2D eigenvalue weighted by Crippen LogP contribution is -2.32. The number of aromatic nitrogens is 2. The van der Waals surface area contributed by atoms with E-state index in [0.29, 0.717) is 6.54 Å². The molecule has 6 nitrogen and oxygen atoms in total. The van der Waals surface area contributed by atoms with Gasteiger partial charge < -0.3 is 15.2 Å². The van der Waals surface area contributed by atoms with Gasteiger partial charge in [0.05, 0.1) is 18.0 Å². The molecule has 1 atom stereocenters. The highest BCUT2D eigenvalue weighted by atomic mass is 16.5. The third kappa shape index (κ3) is 3.05. The van der Waals surface area contributed by atoms with Crippen molar-refractivity contribution in [3.8, 4) is 11.4 Å². The molecular formula is C15H17N3O3. The largest absolute Gasteiger partial charge is 0.504 e. The number of aromatic hydroxyl groups is 1. The fourth-order valence-electron chi connectivity index (χ4n) is 2.34. The molecule has 1 fully saturated rings. The Morgan fingerprint density at radius 2 is 2.24 bits per heavy atom. The second-order valence-corrected chi connectivity index (χ2v) is 4.99.